The maximum absolute atomic E-state index is 13.9. The Bertz CT molecular complexity index is 740. The van der Waals surface area contributed by atoms with Gasteiger partial charge in [0.2, 0.25) is 11.5 Å². The van der Waals surface area contributed by atoms with Crippen LogP contribution in [-0.2, 0) is 9.53 Å². The smallest absolute Gasteiger partial charge is 0.414 e. The highest BCUT2D eigenvalue weighted by atomic mass is 19.1. The second-order valence-electron chi connectivity index (χ2n) is 4.36. The fraction of sp³-hybridized carbons (Fsp3) is 0.200. The van der Waals surface area contributed by atoms with E-state index in [2.05, 4.69) is 10.1 Å². The molecule has 0 saturated carbocycles. The highest BCUT2D eigenvalue weighted by Crippen LogP contribution is 2.46. The first-order valence-corrected chi connectivity index (χ1v) is 6.66. The van der Waals surface area contributed by atoms with Gasteiger partial charge in [-0.05, 0) is 19.1 Å². The molecule has 2 rings (SSSR count). The maximum Gasteiger partial charge on any atom is 0.414 e. The second kappa shape index (κ2) is 6.82. The number of rotatable bonds is 4. The van der Waals surface area contributed by atoms with Gasteiger partial charge in [-0.15, -0.1) is 0 Å². The molecule has 0 bridgehead atoms. The van der Waals surface area contributed by atoms with Gasteiger partial charge in [0.25, 0.3) is 5.88 Å². The predicted octanol–water partition coefficient (Wildman–Crippen LogP) is 3.29. The zero-order valence-electron chi connectivity index (χ0n) is 12.4. The van der Waals surface area contributed by atoms with Gasteiger partial charge in [-0.3, -0.25) is 10.1 Å². The Balaban J connectivity index is 2.49. The minimum Gasteiger partial charge on any atom is -0.502 e. The van der Waals surface area contributed by atoms with Gasteiger partial charge in [-0.2, -0.15) is 0 Å². The molecule has 1 aromatic carbocycles. The Hall–Kier alpha value is -3.03. The quantitative estimate of drug-likeness (QED) is 0.838. The molecule has 0 aliphatic rings. The van der Waals surface area contributed by atoms with Crippen molar-refractivity contribution in [2.45, 2.75) is 13.8 Å². The molecule has 0 aliphatic heterocycles. The molecule has 122 valence electrons. The minimum atomic E-state index is -0.880. The summed E-state index contributed by atoms with van der Waals surface area (Å²) in [5.74, 6) is -3.11. The number of carbonyl (C=O) groups is 2. The van der Waals surface area contributed by atoms with Crippen LogP contribution in [0.5, 0.6) is 11.5 Å². The molecule has 0 radical (unpaired) electrons. The van der Waals surface area contributed by atoms with E-state index in [0.29, 0.717) is 0 Å². The predicted molar refractivity (Wildman–Crippen MR) is 77.7 cm³/mol. The van der Waals surface area contributed by atoms with E-state index in [-0.39, 0.29) is 23.8 Å². The number of hydrogen-bond donors (Lipinski definition) is 2. The molecule has 0 spiro atoms. The highest BCUT2D eigenvalue weighted by molar-refractivity contribution is 5.89. The van der Waals surface area contributed by atoms with Crippen molar-refractivity contribution in [1.82, 2.24) is 0 Å². The van der Waals surface area contributed by atoms with Gasteiger partial charge in [0.15, 0.2) is 5.76 Å². The fourth-order valence-electron chi connectivity index (χ4n) is 1.82. The van der Waals surface area contributed by atoms with Crippen LogP contribution in [0.2, 0.25) is 0 Å². The average Bonchev–Trinajstić information content (AvgIpc) is 2.76. The van der Waals surface area contributed by atoms with Gasteiger partial charge in [-0.25, -0.2) is 9.18 Å². The highest BCUT2D eigenvalue weighted by Gasteiger charge is 2.27. The summed E-state index contributed by atoms with van der Waals surface area (Å²) in [5, 5.41) is 12.3. The van der Waals surface area contributed by atoms with Crippen molar-refractivity contribution >= 4 is 17.9 Å². The lowest BCUT2D eigenvalue weighted by atomic mass is 10.1. The molecule has 1 heterocycles. The third-order valence-corrected chi connectivity index (χ3v) is 2.70. The molecule has 23 heavy (non-hydrogen) atoms. The Morgan fingerprint density at radius 1 is 1.35 bits per heavy atom. The topological polar surface area (TPSA) is 98.0 Å². The first-order valence-electron chi connectivity index (χ1n) is 6.66. The second-order valence-corrected chi connectivity index (χ2v) is 4.36. The summed E-state index contributed by atoms with van der Waals surface area (Å²) in [6.45, 7) is 2.79. The Labute approximate surface area is 130 Å². The third-order valence-electron chi connectivity index (χ3n) is 2.70. The molecule has 0 unspecified atom stereocenters. The monoisotopic (exact) mass is 323 g/mol. The molecular weight excluding hydrogens is 309 g/mol. The van der Waals surface area contributed by atoms with Crippen LogP contribution in [0.25, 0.3) is 11.3 Å². The number of aromatic hydroxyl groups is 1. The summed E-state index contributed by atoms with van der Waals surface area (Å²) in [5.41, 5.74) is -0.0599. The third kappa shape index (κ3) is 3.60. The normalized spacial score (nSPS) is 10.2. The number of hydrogen-bond acceptors (Lipinski definition) is 6. The lowest BCUT2D eigenvalue weighted by Crippen LogP contribution is -2.14. The van der Waals surface area contributed by atoms with Crippen LogP contribution in [-0.4, -0.2) is 23.8 Å². The van der Waals surface area contributed by atoms with E-state index in [0.717, 1.165) is 6.92 Å². The average molecular weight is 323 g/mol. The largest absolute Gasteiger partial charge is 0.502 e. The lowest BCUT2D eigenvalue weighted by Gasteiger charge is -2.04. The fourth-order valence-corrected chi connectivity index (χ4v) is 1.82. The molecule has 0 aliphatic carbocycles. The van der Waals surface area contributed by atoms with Crippen molar-refractivity contribution in [3.8, 4) is 22.8 Å². The molecule has 0 fully saturated rings. The molecule has 7 nitrogen and oxygen atoms in total. The maximum atomic E-state index is 13.9. The molecule has 1 aromatic heterocycles. The number of furan rings is 1. The summed E-state index contributed by atoms with van der Waals surface area (Å²) < 4.78 is 28.6. The van der Waals surface area contributed by atoms with E-state index in [1.807, 2.05) is 0 Å². The number of amides is 1. The van der Waals surface area contributed by atoms with Crippen molar-refractivity contribution < 1.29 is 33.0 Å². The first-order chi connectivity index (χ1) is 10.9. The van der Waals surface area contributed by atoms with Crippen LogP contribution >= 0.6 is 0 Å². The molecule has 8 heteroatoms. The molecule has 0 saturated heterocycles. The number of carbonyl (C=O) groups excluding carboxylic acids is 2. The first kappa shape index (κ1) is 16.3. The van der Waals surface area contributed by atoms with Crippen molar-refractivity contribution in [2.24, 2.45) is 0 Å². The molecule has 1 amide bonds. The van der Waals surface area contributed by atoms with Crippen LogP contribution in [0.4, 0.5) is 15.1 Å². The lowest BCUT2D eigenvalue weighted by molar-refractivity contribution is -0.132. The van der Waals surface area contributed by atoms with Crippen LogP contribution in [0, 0.1) is 5.82 Å². The summed E-state index contributed by atoms with van der Waals surface area (Å²) in [7, 11) is 0. The van der Waals surface area contributed by atoms with Crippen LogP contribution in [0.15, 0.2) is 28.7 Å². The number of anilines is 1. The van der Waals surface area contributed by atoms with Crippen molar-refractivity contribution in [1.29, 1.82) is 0 Å². The van der Waals surface area contributed by atoms with E-state index in [9.17, 15) is 19.1 Å². The summed E-state index contributed by atoms with van der Waals surface area (Å²) in [4.78, 5) is 22.6. The van der Waals surface area contributed by atoms with E-state index in [1.165, 1.54) is 24.3 Å². The van der Waals surface area contributed by atoms with Crippen LogP contribution in [0.1, 0.15) is 13.8 Å². The summed E-state index contributed by atoms with van der Waals surface area (Å²) >= 11 is 0. The van der Waals surface area contributed by atoms with E-state index in [1.54, 1.807) is 6.92 Å². The van der Waals surface area contributed by atoms with Gasteiger partial charge in [-0.1, -0.05) is 12.1 Å². The number of nitrogens with one attached hydrogen (secondary N) is 1. The molecule has 2 N–H and O–H groups in total. The molecular formula is C15H14FNO6. The van der Waals surface area contributed by atoms with Crippen molar-refractivity contribution in [3.05, 3.63) is 30.1 Å². The van der Waals surface area contributed by atoms with Gasteiger partial charge in [0.05, 0.1) is 12.2 Å². The number of benzene rings is 1. The Morgan fingerprint density at radius 2 is 2.04 bits per heavy atom. The van der Waals surface area contributed by atoms with E-state index >= 15 is 0 Å². The number of halogens is 1. The summed E-state index contributed by atoms with van der Waals surface area (Å²) in [6.07, 6.45) is -0.880. The SMILES string of the molecule is CCOC(=O)Nc1oc(-c2ccccc2F)c(O)c1OC(C)=O. The Morgan fingerprint density at radius 3 is 2.65 bits per heavy atom. The zero-order valence-corrected chi connectivity index (χ0v) is 12.4. The molecule has 0 atom stereocenters. The van der Waals surface area contributed by atoms with Crippen molar-refractivity contribution in [2.75, 3.05) is 11.9 Å². The summed E-state index contributed by atoms with van der Waals surface area (Å²) in [6, 6.07) is 5.52. The van der Waals surface area contributed by atoms with Crippen molar-refractivity contribution in [3.63, 3.8) is 0 Å². The Kier molecular flexibility index (Phi) is 4.85. The standard InChI is InChI=1S/C15H14FNO6/c1-3-21-15(20)17-14-13(22-8(2)18)11(19)12(23-14)9-6-4-5-7-10(9)16/h4-7,19H,3H2,1-2H3,(H,17,20). The van der Waals surface area contributed by atoms with Crippen LogP contribution < -0.4 is 10.1 Å². The van der Waals surface area contributed by atoms with Crippen LogP contribution in [0.3, 0.4) is 0 Å². The van der Waals surface area contributed by atoms with Gasteiger partial charge in [0.1, 0.15) is 5.82 Å². The molecule has 2 aromatic rings. The number of ether oxygens (including phenoxy) is 2. The van der Waals surface area contributed by atoms with Gasteiger partial charge < -0.3 is 19.0 Å². The van der Waals surface area contributed by atoms with Gasteiger partial charge in [0, 0.05) is 6.92 Å². The minimum absolute atomic E-state index is 0.0599. The van der Waals surface area contributed by atoms with Gasteiger partial charge >= 0.3 is 12.1 Å². The zero-order chi connectivity index (χ0) is 17.0. The van der Waals surface area contributed by atoms with E-state index in [4.69, 9.17) is 9.15 Å². The van der Waals surface area contributed by atoms with E-state index < -0.39 is 29.4 Å². The number of esters is 1.